The molecular formula is C25H21Cl3O3. The third-order valence-corrected chi connectivity index (χ3v) is 6.34. The molecule has 160 valence electrons. The SMILES string of the molecule is OC(COc1cc(Cl)c(Cc2ccc(O)c(-c3cccc(Cl)c3)c2)c(Cl)c1)=C1CCC1. The lowest BCUT2D eigenvalue weighted by Crippen LogP contribution is -2.09. The summed E-state index contributed by atoms with van der Waals surface area (Å²) in [7, 11) is 0. The molecule has 6 heteroatoms. The van der Waals surface area contributed by atoms with E-state index < -0.39 is 0 Å². The number of benzene rings is 3. The van der Waals surface area contributed by atoms with Gasteiger partial charge in [-0.2, -0.15) is 0 Å². The van der Waals surface area contributed by atoms with Crippen molar-refractivity contribution in [1.82, 2.24) is 0 Å². The summed E-state index contributed by atoms with van der Waals surface area (Å²) in [5.74, 6) is 0.975. The molecule has 1 saturated carbocycles. The summed E-state index contributed by atoms with van der Waals surface area (Å²) in [6.07, 6.45) is 3.46. The van der Waals surface area contributed by atoms with Gasteiger partial charge in [0, 0.05) is 27.1 Å². The second-order valence-corrected chi connectivity index (χ2v) is 8.85. The van der Waals surface area contributed by atoms with Crippen molar-refractivity contribution in [2.75, 3.05) is 6.61 Å². The molecule has 0 saturated heterocycles. The summed E-state index contributed by atoms with van der Waals surface area (Å²) in [5.41, 5.74) is 4.27. The highest BCUT2D eigenvalue weighted by atomic mass is 35.5. The van der Waals surface area contributed by atoms with Crippen molar-refractivity contribution in [3.05, 3.63) is 92.1 Å². The summed E-state index contributed by atoms with van der Waals surface area (Å²) in [5, 5.41) is 21.9. The fourth-order valence-corrected chi connectivity index (χ4v) is 4.30. The highest BCUT2D eigenvalue weighted by molar-refractivity contribution is 6.36. The molecule has 0 bridgehead atoms. The smallest absolute Gasteiger partial charge is 0.145 e. The molecule has 31 heavy (non-hydrogen) atoms. The molecule has 1 aliphatic rings. The zero-order valence-corrected chi connectivity index (χ0v) is 18.9. The van der Waals surface area contributed by atoms with Crippen LogP contribution in [-0.2, 0) is 6.42 Å². The van der Waals surface area contributed by atoms with E-state index in [0.29, 0.717) is 38.6 Å². The Kier molecular flexibility index (Phi) is 6.66. The normalized spacial score (nSPS) is 13.1. The van der Waals surface area contributed by atoms with Crippen LogP contribution in [0.3, 0.4) is 0 Å². The van der Waals surface area contributed by atoms with Crippen LogP contribution < -0.4 is 4.74 Å². The molecule has 1 fully saturated rings. The van der Waals surface area contributed by atoms with Crippen molar-refractivity contribution in [2.24, 2.45) is 0 Å². The maximum absolute atomic E-state index is 10.3. The second-order valence-electron chi connectivity index (χ2n) is 7.60. The first-order valence-corrected chi connectivity index (χ1v) is 11.1. The number of halogens is 3. The summed E-state index contributed by atoms with van der Waals surface area (Å²) in [4.78, 5) is 0. The summed E-state index contributed by atoms with van der Waals surface area (Å²) in [6.45, 7) is 0.113. The molecule has 3 aromatic rings. The standard InChI is InChI=1S/C25H21Cl3O3/c26-18-6-2-5-17(11-18)20-9-15(7-8-24(20)29)10-21-22(27)12-19(13-23(21)28)31-14-25(30)16-3-1-4-16/h2,5-9,11-13,29-30H,1,3-4,10,14H2. The van der Waals surface area contributed by atoms with Gasteiger partial charge in [-0.05, 0) is 77.9 Å². The first-order chi connectivity index (χ1) is 14.9. The minimum absolute atomic E-state index is 0.113. The van der Waals surface area contributed by atoms with Crippen LogP contribution in [0.2, 0.25) is 15.1 Å². The Morgan fingerprint density at radius 3 is 2.32 bits per heavy atom. The van der Waals surface area contributed by atoms with Gasteiger partial charge in [-0.25, -0.2) is 0 Å². The van der Waals surface area contributed by atoms with Gasteiger partial charge in [0.15, 0.2) is 0 Å². The number of ether oxygens (including phenoxy) is 1. The first-order valence-electron chi connectivity index (χ1n) is 9.99. The maximum Gasteiger partial charge on any atom is 0.145 e. The highest BCUT2D eigenvalue weighted by Gasteiger charge is 2.16. The number of aliphatic hydroxyl groups excluding tert-OH is 1. The Hall–Kier alpha value is -2.33. The van der Waals surface area contributed by atoms with E-state index in [9.17, 15) is 10.2 Å². The van der Waals surface area contributed by atoms with Crippen molar-refractivity contribution in [2.45, 2.75) is 25.7 Å². The lowest BCUT2D eigenvalue weighted by Gasteiger charge is -2.19. The van der Waals surface area contributed by atoms with Gasteiger partial charge in [0.25, 0.3) is 0 Å². The Bertz CT molecular complexity index is 1130. The van der Waals surface area contributed by atoms with Crippen molar-refractivity contribution in [1.29, 1.82) is 0 Å². The number of phenols is 1. The van der Waals surface area contributed by atoms with Gasteiger partial charge in [-0.1, -0.05) is 53.0 Å². The molecule has 0 unspecified atom stereocenters. The molecule has 0 aromatic heterocycles. The predicted octanol–water partition coefficient (Wildman–Crippen LogP) is 7.99. The van der Waals surface area contributed by atoms with Crippen LogP contribution in [0.5, 0.6) is 11.5 Å². The van der Waals surface area contributed by atoms with E-state index in [2.05, 4.69) is 0 Å². The molecule has 0 amide bonds. The molecule has 0 heterocycles. The number of allylic oxidation sites excluding steroid dienone is 1. The van der Waals surface area contributed by atoms with Gasteiger partial charge in [-0.15, -0.1) is 0 Å². The third-order valence-electron chi connectivity index (χ3n) is 5.43. The second kappa shape index (κ2) is 9.44. The zero-order chi connectivity index (χ0) is 22.0. The van der Waals surface area contributed by atoms with Crippen LogP contribution in [-0.4, -0.2) is 16.8 Å². The van der Waals surface area contributed by atoms with Crippen molar-refractivity contribution < 1.29 is 14.9 Å². The average Bonchev–Trinajstić information content (AvgIpc) is 2.69. The Morgan fingerprint density at radius 2 is 1.68 bits per heavy atom. The van der Waals surface area contributed by atoms with E-state index in [-0.39, 0.29) is 12.4 Å². The van der Waals surface area contributed by atoms with Crippen molar-refractivity contribution >= 4 is 34.8 Å². The van der Waals surface area contributed by atoms with Crippen molar-refractivity contribution in [3.63, 3.8) is 0 Å². The largest absolute Gasteiger partial charge is 0.509 e. The molecule has 3 nitrogen and oxygen atoms in total. The van der Waals surface area contributed by atoms with Crippen LogP contribution in [0.1, 0.15) is 30.4 Å². The maximum atomic E-state index is 10.3. The molecule has 1 aliphatic carbocycles. The lowest BCUT2D eigenvalue weighted by molar-refractivity contribution is 0.260. The fourth-order valence-electron chi connectivity index (χ4n) is 3.51. The Morgan fingerprint density at radius 1 is 0.935 bits per heavy atom. The Labute approximate surface area is 196 Å². The lowest BCUT2D eigenvalue weighted by atomic mass is 9.91. The van der Waals surface area contributed by atoms with E-state index in [1.165, 1.54) is 0 Å². The van der Waals surface area contributed by atoms with E-state index in [1.807, 2.05) is 24.3 Å². The Balaban J connectivity index is 1.54. The molecule has 3 aromatic carbocycles. The number of hydrogen-bond acceptors (Lipinski definition) is 3. The van der Waals surface area contributed by atoms with Gasteiger partial charge in [0.1, 0.15) is 23.9 Å². The van der Waals surface area contributed by atoms with Crippen LogP contribution in [0, 0.1) is 0 Å². The molecule has 4 rings (SSSR count). The predicted molar refractivity (Wildman–Crippen MR) is 127 cm³/mol. The molecule has 0 radical (unpaired) electrons. The van der Waals surface area contributed by atoms with E-state index in [0.717, 1.165) is 41.5 Å². The number of aromatic hydroxyl groups is 1. The van der Waals surface area contributed by atoms with E-state index in [4.69, 9.17) is 39.5 Å². The zero-order valence-electron chi connectivity index (χ0n) is 16.7. The summed E-state index contributed by atoms with van der Waals surface area (Å²) >= 11 is 19.1. The molecule has 0 atom stereocenters. The van der Waals surface area contributed by atoms with Crippen LogP contribution in [0.25, 0.3) is 11.1 Å². The molecule has 0 aliphatic heterocycles. The summed E-state index contributed by atoms with van der Waals surface area (Å²) < 4.78 is 5.67. The minimum Gasteiger partial charge on any atom is -0.509 e. The van der Waals surface area contributed by atoms with Gasteiger partial charge in [0.2, 0.25) is 0 Å². The monoisotopic (exact) mass is 474 g/mol. The van der Waals surface area contributed by atoms with Gasteiger partial charge >= 0.3 is 0 Å². The highest BCUT2D eigenvalue weighted by Crippen LogP contribution is 2.36. The van der Waals surface area contributed by atoms with Crippen LogP contribution >= 0.6 is 34.8 Å². The number of hydrogen-bond donors (Lipinski definition) is 2. The van der Waals surface area contributed by atoms with E-state index >= 15 is 0 Å². The number of aliphatic hydroxyl groups is 1. The van der Waals surface area contributed by atoms with Gasteiger partial charge in [0.05, 0.1) is 0 Å². The first kappa shape index (κ1) is 21.9. The van der Waals surface area contributed by atoms with E-state index in [1.54, 1.807) is 30.3 Å². The minimum atomic E-state index is 0.113. The molecular weight excluding hydrogens is 455 g/mol. The average molecular weight is 476 g/mol. The molecule has 0 spiro atoms. The molecule has 2 N–H and O–H groups in total. The van der Waals surface area contributed by atoms with Crippen molar-refractivity contribution in [3.8, 4) is 22.6 Å². The number of phenolic OH excluding ortho intramolecular Hbond substituents is 1. The van der Waals surface area contributed by atoms with Gasteiger partial charge in [-0.3, -0.25) is 0 Å². The van der Waals surface area contributed by atoms with Crippen LogP contribution in [0.15, 0.2) is 65.9 Å². The summed E-state index contributed by atoms with van der Waals surface area (Å²) in [6, 6.07) is 16.1. The number of rotatable bonds is 6. The topological polar surface area (TPSA) is 49.7 Å². The van der Waals surface area contributed by atoms with Gasteiger partial charge < -0.3 is 14.9 Å². The quantitative estimate of drug-likeness (QED) is 0.355. The fraction of sp³-hybridized carbons (Fsp3) is 0.200. The third kappa shape index (κ3) is 5.12. The van der Waals surface area contributed by atoms with Crippen LogP contribution in [0.4, 0.5) is 0 Å².